The zero-order chi connectivity index (χ0) is 11.9. The van der Waals surface area contributed by atoms with Crippen molar-refractivity contribution in [2.45, 2.75) is 13.8 Å². The molecule has 7 heteroatoms. The van der Waals surface area contributed by atoms with Gasteiger partial charge in [-0.1, -0.05) is 0 Å². The number of H-pyrrole nitrogens is 1. The maximum Gasteiger partial charge on any atom is 0.337 e. The molecule has 84 valence electrons. The molecule has 2 N–H and O–H groups in total. The first-order valence-electron chi connectivity index (χ1n) is 4.48. The summed E-state index contributed by atoms with van der Waals surface area (Å²) in [6, 6.07) is 0. The summed E-state index contributed by atoms with van der Waals surface area (Å²) in [6.45, 7) is 3.21. The number of hydrogen-bond donors (Lipinski definition) is 2. The van der Waals surface area contributed by atoms with Crippen LogP contribution in [-0.4, -0.2) is 19.6 Å². The van der Waals surface area contributed by atoms with Gasteiger partial charge in [-0.05, 0) is 13.8 Å². The number of aromatic hydroxyl groups is 1. The number of aromatic nitrogens is 3. The quantitative estimate of drug-likeness (QED) is 0.749. The van der Waals surface area contributed by atoms with Crippen molar-refractivity contribution in [3.05, 3.63) is 37.5 Å². The summed E-state index contributed by atoms with van der Waals surface area (Å²) >= 11 is 1.22. The molecule has 0 spiro atoms. The van der Waals surface area contributed by atoms with Gasteiger partial charge in [0.1, 0.15) is 0 Å². The fourth-order valence-electron chi connectivity index (χ4n) is 1.23. The molecule has 0 unspecified atom stereocenters. The van der Waals surface area contributed by atoms with E-state index in [2.05, 4.69) is 9.97 Å². The predicted octanol–water partition coefficient (Wildman–Crippen LogP) is 0.305. The Hall–Kier alpha value is -1.89. The number of aryl methyl sites for hydroxylation is 1. The standard InChI is InChI=1S/C9H9N3O3S/c1-4-3-16-9(10-4)12-7(14)5(2)6(13)11-8(12)15/h3,14H,1-2H3,(H,11,13,15). The first-order valence-corrected chi connectivity index (χ1v) is 5.36. The minimum absolute atomic E-state index is 0.0902. The van der Waals surface area contributed by atoms with Crippen molar-refractivity contribution < 1.29 is 5.11 Å². The van der Waals surface area contributed by atoms with Crippen LogP contribution in [0.5, 0.6) is 5.88 Å². The highest BCUT2D eigenvalue weighted by Gasteiger charge is 2.13. The molecular formula is C9H9N3O3S. The van der Waals surface area contributed by atoms with Crippen LogP contribution in [0.2, 0.25) is 0 Å². The summed E-state index contributed by atoms with van der Waals surface area (Å²) in [5, 5.41) is 11.8. The van der Waals surface area contributed by atoms with Crippen molar-refractivity contribution in [2.24, 2.45) is 0 Å². The van der Waals surface area contributed by atoms with Gasteiger partial charge in [0.05, 0.1) is 11.3 Å². The molecule has 0 atom stereocenters. The lowest BCUT2D eigenvalue weighted by atomic mass is 10.3. The Morgan fingerprint density at radius 3 is 2.69 bits per heavy atom. The van der Waals surface area contributed by atoms with Crippen LogP contribution in [0.1, 0.15) is 11.3 Å². The van der Waals surface area contributed by atoms with E-state index in [1.54, 1.807) is 12.3 Å². The molecule has 2 rings (SSSR count). The Balaban J connectivity index is 2.80. The number of rotatable bonds is 1. The Bertz CT molecular complexity index is 653. The molecule has 2 aromatic rings. The molecule has 0 amide bonds. The molecule has 0 radical (unpaired) electrons. The molecule has 0 fully saturated rings. The predicted molar refractivity (Wildman–Crippen MR) is 59.5 cm³/mol. The zero-order valence-electron chi connectivity index (χ0n) is 8.64. The summed E-state index contributed by atoms with van der Waals surface area (Å²) in [6.07, 6.45) is 0. The van der Waals surface area contributed by atoms with Crippen LogP contribution in [0, 0.1) is 13.8 Å². The molecule has 0 aliphatic heterocycles. The highest BCUT2D eigenvalue weighted by Crippen LogP contribution is 2.18. The summed E-state index contributed by atoms with van der Waals surface area (Å²) in [4.78, 5) is 28.9. The maximum absolute atomic E-state index is 11.5. The van der Waals surface area contributed by atoms with E-state index in [0.29, 0.717) is 5.13 Å². The number of hydrogen-bond acceptors (Lipinski definition) is 5. The molecule has 0 aliphatic rings. The highest BCUT2D eigenvalue weighted by atomic mass is 32.1. The fourth-order valence-corrected chi connectivity index (χ4v) is 2.03. The summed E-state index contributed by atoms with van der Waals surface area (Å²) < 4.78 is 0.981. The average molecular weight is 239 g/mol. The van der Waals surface area contributed by atoms with Crippen molar-refractivity contribution in [2.75, 3.05) is 0 Å². The van der Waals surface area contributed by atoms with Gasteiger partial charge in [-0.25, -0.2) is 14.3 Å². The van der Waals surface area contributed by atoms with Gasteiger partial charge in [0, 0.05) is 5.38 Å². The van der Waals surface area contributed by atoms with Crippen LogP contribution in [0.3, 0.4) is 0 Å². The van der Waals surface area contributed by atoms with Crippen molar-refractivity contribution in [3.8, 4) is 11.0 Å². The van der Waals surface area contributed by atoms with E-state index in [-0.39, 0.29) is 11.4 Å². The molecule has 6 nitrogen and oxygen atoms in total. The average Bonchev–Trinajstić information content (AvgIpc) is 2.61. The van der Waals surface area contributed by atoms with Crippen molar-refractivity contribution in [3.63, 3.8) is 0 Å². The second kappa shape index (κ2) is 3.60. The molecule has 0 saturated carbocycles. The molecule has 16 heavy (non-hydrogen) atoms. The van der Waals surface area contributed by atoms with Gasteiger partial charge in [0.2, 0.25) is 11.0 Å². The SMILES string of the molecule is Cc1csc(-n2c(O)c(C)c(=O)[nH]c2=O)n1. The van der Waals surface area contributed by atoms with Crippen molar-refractivity contribution in [1.82, 2.24) is 14.5 Å². The Morgan fingerprint density at radius 2 is 2.12 bits per heavy atom. The number of nitrogens with one attached hydrogen (secondary N) is 1. The molecule has 0 saturated heterocycles. The third kappa shape index (κ3) is 1.54. The van der Waals surface area contributed by atoms with Crippen LogP contribution < -0.4 is 11.2 Å². The van der Waals surface area contributed by atoms with E-state index >= 15 is 0 Å². The third-order valence-corrected chi connectivity index (χ3v) is 3.05. The Morgan fingerprint density at radius 1 is 1.44 bits per heavy atom. The second-order valence-electron chi connectivity index (χ2n) is 3.31. The Labute approximate surface area is 93.8 Å². The minimum Gasteiger partial charge on any atom is -0.494 e. The third-order valence-electron chi connectivity index (χ3n) is 2.11. The molecule has 2 aromatic heterocycles. The van der Waals surface area contributed by atoms with Gasteiger partial charge in [-0.3, -0.25) is 9.78 Å². The first-order chi connectivity index (χ1) is 7.50. The van der Waals surface area contributed by atoms with Crippen LogP contribution in [0.25, 0.3) is 5.13 Å². The topological polar surface area (TPSA) is 88.0 Å². The van der Waals surface area contributed by atoms with Gasteiger partial charge in [-0.15, -0.1) is 11.3 Å². The van der Waals surface area contributed by atoms with E-state index in [9.17, 15) is 14.7 Å². The second-order valence-corrected chi connectivity index (χ2v) is 4.15. The molecule has 0 aromatic carbocycles. The van der Waals surface area contributed by atoms with E-state index < -0.39 is 11.2 Å². The van der Waals surface area contributed by atoms with Crippen molar-refractivity contribution in [1.29, 1.82) is 0 Å². The fraction of sp³-hybridized carbons (Fsp3) is 0.222. The van der Waals surface area contributed by atoms with E-state index in [1.165, 1.54) is 18.3 Å². The van der Waals surface area contributed by atoms with Crippen LogP contribution >= 0.6 is 11.3 Å². The van der Waals surface area contributed by atoms with Crippen LogP contribution in [0.4, 0.5) is 0 Å². The molecule has 0 bridgehead atoms. The summed E-state index contributed by atoms with van der Waals surface area (Å²) in [7, 11) is 0. The number of aromatic amines is 1. The van der Waals surface area contributed by atoms with Crippen LogP contribution in [0.15, 0.2) is 15.0 Å². The largest absolute Gasteiger partial charge is 0.494 e. The van der Waals surface area contributed by atoms with Gasteiger partial charge in [-0.2, -0.15) is 0 Å². The molecular weight excluding hydrogens is 230 g/mol. The number of nitrogens with zero attached hydrogens (tertiary/aromatic N) is 2. The lowest BCUT2D eigenvalue weighted by Crippen LogP contribution is -2.30. The maximum atomic E-state index is 11.5. The minimum atomic E-state index is -0.692. The molecule has 2 heterocycles. The lowest BCUT2D eigenvalue weighted by Gasteiger charge is -2.05. The monoisotopic (exact) mass is 239 g/mol. The van der Waals surface area contributed by atoms with Crippen molar-refractivity contribution >= 4 is 11.3 Å². The van der Waals surface area contributed by atoms with E-state index in [1.807, 2.05) is 0 Å². The van der Waals surface area contributed by atoms with Gasteiger partial charge in [0.25, 0.3) is 5.56 Å². The van der Waals surface area contributed by atoms with Crippen LogP contribution in [-0.2, 0) is 0 Å². The first kappa shape index (κ1) is 10.6. The zero-order valence-corrected chi connectivity index (χ0v) is 9.46. The van der Waals surface area contributed by atoms with Gasteiger partial charge < -0.3 is 5.11 Å². The summed E-state index contributed by atoms with van der Waals surface area (Å²) in [5.74, 6) is -0.372. The Kier molecular flexibility index (Phi) is 2.39. The normalized spacial score (nSPS) is 10.6. The smallest absolute Gasteiger partial charge is 0.337 e. The van der Waals surface area contributed by atoms with E-state index in [0.717, 1.165) is 10.3 Å². The molecule has 0 aliphatic carbocycles. The summed E-state index contributed by atoms with van der Waals surface area (Å²) in [5.41, 5.74) is -0.447. The van der Waals surface area contributed by atoms with E-state index in [4.69, 9.17) is 0 Å². The number of thiazole rings is 1. The van der Waals surface area contributed by atoms with Gasteiger partial charge in [0.15, 0.2) is 0 Å². The van der Waals surface area contributed by atoms with Gasteiger partial charge >= 0.3 is 5.69 Å². The lowest BCUT2D eigenvalue weighted by molar-refractivity contribution is 0.426. The highest BCUT2D eigenvalue weighted by molar-refractivity contribution is 7.12.